The number of cyclic esters (lactones) is 1. The maximum Gasteiger partial charge on any atom is 0.310 e. The molecule has 0 amide bonds. The lowest BCUT2D eigenvalue weighted by Crippen LogP contribution is -2.32. The minimum Gasteiger partial charge on any atom is -0.460 e. The van der Waals surface area contributed by atoms with Gasteiger partial charge in [0.15, 0.2) is 0 Å². The van der Waals surface area contributed by atoms with Gasteiger partial charge in [-0.3, -0.25) is 14.6 Å². The van der Waals surface area contributed by atoms with E-state index in [-0.39, 0.29) is 42.2 Å². The number of rotatable bonds is 0. The van der Waals surface area contributed by atoms with Crippen molar-refractivity contribution in [2.45, 2.75) is 52.2 Å². The number of halogens is 1. The van der Waals surface area contributed by atoms with Crippen molar-refractivity contribution in [2.24, 2.45) is 16.8 Å². The Morgan fingerprint density at radius 1 is 1.28 bits per heavy atom. The van der Waals surface area contributed by atoms with Crippen molar-refractivity contribution in [2.75, 3.05) is 0 Å². The molecule has 29 heavy (non-hydrogen) atoms. The number of aromatic nitrogens is 1. The highest BCUT2D eigenvalue weighted by Crippen LogP contribution is 2.45. The molecule has 2 aliphatic carbocycles. The highest BCUT2D eigenvalue weighted by atomic mass is 19.1. The second-order valence-electron chi connectivity index (χ2n) is 8.25. The molecule has 0 N–H and O–H groups in total. The van der Waals surface area contributed by atoms with Crippen LogP contribution in [0.4, 0.5) is 4.39 Å². The fourth-order valence-corrected chi connectivity index (χ4v) is 5.02. The van der Waals surface area contributed by atoms with Crippen molar-refractivity contribution in [3.8, 4) is 0 Å². The van der Waals surface area contributed by atoms with Crippen molar-refractivity contribution in [1.29, 1.82) is 0 Å². The molecule has 2 unspecified atom stereocenters. The van der Waals surface area contributed by atoms with E-state index in [4.69, 9.17) is 9.73 Å². The predicted octanol–water partition coefficient (Wildman–Crippen LogP) is 3.75. The zero-order valence-corrected chi connectivity index (χ0v) is 16.4. The van der Waals surface area contributed by atoms with Crippen LogP contribution in [0.25, 0.3) is 0 Å². The van der Waals surface area contributed by atoms with Crippen LogP contribution >= 0.6 is 0 Å². The van der Waals surface area contributed by atoms with Gasteiger partial charge < -0.3 is 9.30 Å². The molecule has 1 aromatic heterocycles. The quantitative estimate of drug-likeness (QED) is 0.630. The van der Waals surface area contributed by atoms with E-state index in [9.17, 15) is 14.0 Å². The summed E-state index contributed by atoms with van der Waals surface area (Å²) in [7, 11) is 0. The normalized spacial score (nSPS) is 28.8. The Morgan fingerprint density at radius 2 is 2.14 bits per heavy atom. The van der Waals surface area contributed by atoms with Gasteiger partial charge in [-0.1, -0.05) is 13.0 Å². The molecule has 2 atom stereocenters. The van der Waals surface area contributed by atoms with Crippen LogP contribution < -0.4 is 5.56 Å². The first kappa shape index (κ1) is 18.3. The van der Waals surface area contributed by atoms with Crippen LogP contribution in [0.3, 0.4) is 0 Å². The molecule has 0 saturated heterocycles. The first-order chi connectivity index (χ1) is 14.0. The van der Waals surface area contributed by atoms with Gasteiger partial charge in [0.2, 0.25) is 0 Å². The number of ether oxygens (including phenoxy) is 1. The largest absolute Gasteiger partial charge is 0.460 e. The Bertz CT molecular complexity index is 1090. The van der Waals surface area contributed by atoms with Gasteiger partial charge in [-0.25, -0.2) is 4.39 Å². The zero-order chi connectivity index (χ0) is 20.1. The van der Waals surface area contributed by atoms with Crippen molar-refractivity contribution in [3.05, 3.63) is 68.1 Å². The molecule has 5 nitrogen and oxygen atoms in total. The third kappa shape index (κ3) is 3.02. The second-order valence-corrected chi connectivity index (χ2v) is 8.25. The predicted molar refractivity (Wildman–Crippen MR) is 107 cm³/mol. The number of pyridine rings is 1. The highest BCUT2D eigenvalue weighted by Gasteiger charge is 2.34. The third-order valence-corrected chi connectivity index (χ3v) is 6.63. The molecule has 0 spiro atoms. The van der Waals surface area contributed by atoms with Crippen molar-refractivity contribution in [3.63, 3.8) is 0 Å². The Labute approximate surface area is 168 Å². The number of carbonyl (C=O) groups is 1. The van der Waals surface area contributed by atoms with Gasteiger partial charge in [0.1, 0.15) is 6.61 Å². The molecule has 1 saturated carbocycles. The van der Waals surface area contributed by atoms with E-state index in [0.29, 0.717) is 29.8 Å². The Kier molecular flexibility index (Phi) is 4.37. The summed E-state index contributed by atoms with van der Waals surface area (Å²) in [6.07, 6.45) is 8.91. The van der Waals surface area contributed by atoms with Gasteiger partial charge in [-0.05, 0) is 54.0 Å². The van der Waals surface area contributed by atoms with Crippen LogP contribution in [0, 0.1) is 11.8 Å². The summed E-state index contributed by atoms with van der Waals surface area (Å²) >= 11 is 0. The molecule has 0 bridgehead atoms. The van der Waals surface area contributed by atoms with E-state index in [1.165, 1.54) is 5.57 Å². The number of hydrogen-bond donors (Lipinski definition) is 0. The average molecular weight is 394 g/mol. The Balaban J connectivity index is 1.67. The number of allylic oxidation sites excluding steroid dienone is 5. The second kappa shape index (κ2) is 6.94. The fraction of sp³-hybridized carbons (Fsp3) is 0.435. The van der Waals surface area contributed by atoms with E-state index >= 15 is 0 Å². The molecule has 6 heteroatoms. The first-order valence-electron chi connectivity index (χ1n) is 10.3. The van der Waals surface area contributed by atoms with E-state index in [0.717, 1.165) is 30.5 Å². The lowest BCUT2D eigenvalue weighted by atomic mass is 9.74. The van der Waals surface area contributed by atoms with Gasteiger partial charge in [0, 0.05) is 24.6 Å². The summed E-state index contributed by atoms with van der Waals surface area (Å²) in [5, 5.41) is 0. The molecular weight excluding hydrogens is 371 g/mol. The number of carbonyl (C=O) groups excluding carboxylic acids is 1. The smallest absolute Gasteiger partial charge is 0.310 e. The summed E-state index contributed by atoms with van der Waals surface area (Å²) in [5.41, 5.74) is 5.04. The molecule has 3 heterocycles. The summed E-state index contributed by atoms with van der Waals surface area (Å²) in [6, 6.07) is 1.87. The maximum absolute atomic E-state index is 14.5. The summed E-state index contributed by atoms with van der Waals surface area (Å²) in [5.74, 6) is -0.401. The zero-order valence-electron chi connectivity index (χ0n) is 16.4. The Morgan fingerprint density at radius 3 is 3.00 bits per heavy atom. The number of fused-ring (bicyclic) bond motifs is 2. The molecular formula is C23H23FN2O3. The molecule has 2 aliphatic heterocycles. The Hall–Kier alpha value is -2.76. The minimum atomic E-state index is -0.318. The van der Waals surface area contributed by atoms with Crippen LogP contribution in [0.5, 0.6) is 0 Å². The van der Waals surface area contributed by atoms with Gasteiger partial charge >= 0.3 is 5.97 Å². The molecule has 1 fully saturated rings. The molecule has 0 radical (unpaired) electrons. The van der Waals surface area contributed by atoms with E-state index < -0.39 is 0 Å². The minimum absolute atomic E-state index is 0.0272. The van der Waals surface area contributed by atoms with Gasteiger partial charge in [0.05, 0.1) is 29.7 Å². The van der Waals surface area contributed by atoms with E-state index in [1.54, 1.807) is 16.9 Å². The number of aliphatic imine (C=N–C) groups is 1. The van der Waals surface area contributed by atoms with Crippen LogP contribution in [0.1, 0.15) is 49.4 Å². The number of hydrogen-bond acceptors (Lipinski definition) is 4. The van der Waals surface area contributed by atoms with Crippen molar-refractivity contribution in [1.82, 2.24) is 4.57 Å². The lowest BCUT2D eigenvalue weighted by molar-refractivity contribution is -0.145. The highest BCUT2D eigenvalue weighted by molar-refractivity contribution is 5.81. The molecule has 4 aliphatic rings. The van der Waals surface area contributed by atoms with Gasteiger partial charge in [0.25, 0.3) is 5.56 Å². The van der Waals surface area contributed by atoms with Crippen molar-refractivity contribution < 1.29 is 13.9 Å². The van der Waals surface area contributed by atoms with Crippen molar-refractivity contribution >= 4 is 12.2 Å². The molecule has 5 rings (SSSR count). The van der Waals surface area contributed by atoms with Gasteiger partial charge in [-0.2, -0.15) is 0 Å². The summed E-state index contributed by atoms with van der Waals surface area (Å²) < 4.78 is 21.3. The topological polar surface area (TPSA) is 60.7 Å². The molecule has 150 valence electrons. The lowest BCUT2D eigenvalue weighted by Gasteiger charge is -2.32. The fourth-order valence-electron chi connectivity index (χ4n) is 5.02. The van der Waals surface area contributed by atoms with Gasteiger partial charge in [-0.15, -0.1) is 0 Å². The van der Waals surface area contributed by atoms with E-state index in [2.05, 4.69) is 6.08 Å². The summed E-state index contributed by atoms with van der Waals surface area (Å²) in [4.78, 5) is 29.5. The monoisotopic (exact) mass is 394 g/mol. The molecule has 1 aromatic rings. The maximum atomic E-state index is 14.5. The average Bonchev–Trinajstić information content (AvgIpc) is 2.78. The standard InChI is InChI=1S/C23H23FN2O3/c1-13-17-4-2-3-14-7-8-26-16(11-25-20(22(14)17)6-5-19(13)24)9-15-10-21(27)29-12-18(15)23(26)28/h5,7,9,11,13,17H,2-4,6,8,10,12H2,1H3/b14-7+,25-11+. The number of esters is 1. The summed E-state index contributed by atoms with van der Waals surface area (Å²) in [6.45, 7) is 2.42. The number of nitrogens with zero attached hydrogens (tertiary/aromatic N) is 2. The SMILES string of the molecule is CC1C(F)=CCC2=C3C(=C/Cn4c(cc5c(c4=O)COC(=O)C5)/C=N/2)/CCCC31. The molecule has 0 aromatic carbocycles. The van der Waals surface area contributed by atoms with Crippen LogP contribution in [-0.2, 0) is 29.1 Å². The van der Waals surface area contributed by atoms with Crippen LogP contribution in [0.2, 0.25) is 0 Å². The first-order valence-corrected chi connectivity index (χ1v) is 10.3. The van der Waals surface area contributed by atoms with E-state index in [1.807, 2.05) is 13.0 Å². The third-order valence-electron chi connectivity index (χ3n) is 6.63. The van der Waals surface area contributed by atoms with Crippen LogP contribution in [0.15, 0.2) is 50.7 Å². The van der Waals surface area contributed by atoms with Crippen LogP contribution in [-0.4, -0.2) is 16.8 Å².